The molecule has 0 fully saturated rings. The molecule has 0 aliphatic carbocycles. The Labute approximate surface area is 89.9 Å². The minimum absolute atomic E-state index is 0. The summed E-state index contributed by atoms with van der Waals surface area (Å²) in [4.78, 5) is 19.0. The number of carboxylic acid groups (broad SMARTS) is 2. The Morgan fingerprint density at radius 1 is 1.08 bits per heavy atom. The Kier molecular flexibility index (Phi) is 42.2. The fraction of sp³-hybridized carbons (Fsp3) is 0. The minimum atomic E-state index is -1.51. The van der Waals surface area contributed by atoms with Gasteiger partial charge in [-0.15, -0.1) is 0 Å². The Balaban J connectivity index is -0.0000000408. The van der Waals surface area contributed by atoms with Crippen LogP contribution in [0.25, 0.3) is 0 Å². The van der Waals surface area contributed by atoms with Crippen LogP contribution in [0.15, 0.2) is 12.2 Å². The van der Waals surface area contributed by atoms with Gasteiger partial charge in [0.2, 0.25) is 0 Å². The van der Waals surface area contributed by atoms with E-state index in [1.54, 1.807) is 0 Å². The zero-order valence-electron chi connectivity index (χ0n) is 6.33. The maximum Gasteiger partial charge on any atom is 1.00 e. The molecule has 12 heavy (non-hydrogen) atoms. The van der Waals surface area contributed by atoms with Crippen molar-refractivity contribution < 1.29 is 65.8 Å². The Morgan fingerprint density at radius 2 is 1.42 bits per heavy atom. The van der Waals surface area contributed by atoms with E-state index in [9.17, 15) is 14.7 Å². The fourth-order valence-corrected chi connectivity index (χ4v) is 0.139. The number of aliphatic carboxylic acids is 2. The van der Waals surface area contributed by atoms with Crippen molar-refractivity contribution in [3.8, 4) is 0 Å². The van der Waals surface area contributed by atoms with E-state index in [1.165, 1.54) is 0 Å². The molecule has 0 saturated carbocycles. The summed E-state index contributed by atoms with van der Waals surface area (Å²) in [5, 5.41) is 17.2. The fourth-order valence-electron chi connectivity index (χ4n) is 0.139. The molecule has 7 nitrogen and oxygen atoms in total. The molecular formula is C4H9NaO7. The molecule has 0 unspecified atom stereocenters. The van der Waals surface area contributed by atoms with Crippen molar-refractivity contribution in [3.05, 3.63) is 12.2 Å². The van der Waals surface area contributed by atoms with Gasteiger partial charge in [0.15, 0.2) is 0 Å². The van der Waals surface area contributed by atoms with Gasteiger partial charge >= 0.3 is 35.5 Å². The van der Waals surface area contributed by atoms with Crippen LogP contribution in [0.4, 0.5) is 0 Å². The SMILES string of the molecule is O.O.O.O=C([O-])/C=C\C(=O)O.[Na+]. The van der Waals surface area contributed by atoms with Gasteiger partial charge in [0.05, 0.1) is 5.97 Å². The van der Waals surface area contributed by atoms with Crippen LogP contribution in [0, 0.1) is 0 Å². The number of hydrogen-bond donors (Lipinski definition) is 1. The normalized spacial score (nSPS) is 6.33. The maximum absolute atomic E-state index is 9.53. The van der Waals surface area contributed by atoms with Crippen molar-refractivity contribution >= 4 is 11.9 Å². The number of carbonyl (C=O) groups excluding carboxylic acids is 1. The summed E-state index contributed by atoms with van der Waals surface area (Å²) in [7, 11) is 0. The van der Waals surface area contributed by atoms with Crippen LogP contribution in [0.2, 0.25) is 0 Å². The first-order valence-electron chi connectivity index (χ1n) is 1.75. The van der Waals surface area contributed by atoms with E-state index in [0.717, 1.165) is 0 Å². The smallest absolute Gasteiger partial charge is 0.545 e. The molecule has 0 aromatic heterocycles. The van der Waals surface area contributed by atoms with Gasteiger partial charge in [-0.3, -0.25) is 0 Å². The zero-order valence-corrected chi connectivity index (χ0v) is 8.33. The molecule has 0 radical (unpaired) electrons. The van der Waals surface area contributed by atoms with E-state index in [0.29, 0.717) is 12.2 Å². The van der Waals surface area contributed by atoms with Crippen molar-refractivity contribution in [1.82, 2.24) is 0 Å². The van der Waals surface area contributed by atoms with Crippen molar-refractivity contribution in [2.75, 3.05) is 0 Å². The molecule has 0 aromatic rings. The molecule has 0 amide bonds. The van der Waals surface area contributed by atoms with Gasteiger partial charge in [0, 0.05) is 6.08 Å². The van der Waals surface area contributed by atoms with E-state index < -0.39 is 11.9 Å². The molecule has 0 bridgehead atoms. The average molecular weight is 192 g/mol. The molecule has 0 rings (SSSR count). The van der Waals surface area contributed by atoms with Crippen molar-refractivity contribution in [1.29, 1.82) is 0 Å². The standard InChI is InChI=1S/C4H4O4.Na.3H2O/c5-3(6)1-2-4(7)8;;;;/h1-2H,(H,5,6)(H,7,8);;3*1H2/q;+1;;;/p-1/b2-1-;;;;. The van der Waals surface area contributed by atoms with Crippen molar-refractivity contribution in [3.63, 3.8) is 0 Å². The van der Waals surface area contributed by atoms with E-state index >= 15 is 0 Å². The van der Waals surface area contributed by atoms with Gasteiger partial charge in [0.25, 0.3) is 0 Å². The van der Waals surface area contributed by atoms with E-state index in [4.69, 9.17) is 5.11 Å². The summed E-state index contributed by atoms with van der Waals surface area (Å²) in [5.41, 5.74) is 0. The molecular weight excluding hydrogens is 183 g/mol. The van der Waals surface area contributed by atoms with Crippen molar-refractivity contribution in [2.45, 2.75) is 0 Å². The average Bonchev–Trinajstić information content (AvgIpc) is 1.61. The minimum Gasteiger partial charge on any atom is -0.545 e. The van der Waals surface area contributed by atoms with Crippen LogP contribution in [0.3, 0.4) is 0 Å². The van der Waals surface area contributed by atoms with E-state index in [2.05, 4.69) is 0 Å². The predicted octanol–water partition coefficient (Wildman–Crippen LogP) is -7.09. The van der Waals surface area contributed by atoms with Crippen LogP contribution in [0.1, 0.15) is 0 Å². The van der Waals surface area contributed by atoms with Gasteiger partial charge < -0.3 is 31.4 Å². The summed E-state index contributed by atoms with van der Waals surface area (Å²) in [5.74, 6) is -2.80. The summed E-state index contributed by atoms with van der Waals surface area (Å²) in [6.45, 7) is 0. The third-order valence-corrected chi connectivity index (χ3v) is 0.362. The number of carboxylic acids is 2. The first-order chi connectivity index (χ1) is 3.63. The van der Waals surface area contributed by atoms with Crippen LogP contribution in [0.5, 0.6) is 0 Å². The molecule has 0 spiro atoms. The van der Waals surface area contributed by atoms with Gasteiger partial charge in [-0.05, 0) is 6.08 Å². The van der Waals surface area contributed by atoms with E-state index in [-0.39, 0.29) is 46.0 Å². The van der Waals surface area contributed by atoms with Gasteiger partial charge in [0.1, 0.15) is 0 Å². The molecule has 68 valence electrons. The second kappa shape index (κ2) is 16.9. The molecule has 0 atom stereocenters. The molecule has 0 aromatic carbocycles. The van der Waals surface area contributed by atoms with Crippen LogP contribution < -0.4 is 34.7 Å². The number of rotatable bonds is 2. The third kappa shape index (κ3) is 33.7. The molecule has 7 N–H and O–H groups in total. The van der Waals surface area contributed by atoms with Gasteiger partial charge in [-0.1, -0.05) is 0 Å². The third-order valence-electron chi connectivity index (χ3n) is 0.362. The summed E-state index contributed by atoms with van der Waals surface area (Å²) in [6, 6.07) is 0. The summed E-state index contributed by atoms with van der Waals surface area (Å²) >= 11 is 0. The van der Waals surface area contributed by atoms with E-state index in [1.807, 2.05) is 0 Å². The first-order valence-corrected chi connectivity index (χ1v) is 1.75. The molecule has 8 heteroatoms. The van der Waals surface area contributed by atoms with Crippen molar-refractivity contribution in [2.24, 2.45) is 0 Å². The predicted molar refractivity (Wildman–Crippen MR) is 32.6 cm³/mol. The zero-order chi connectivity index (χ0) is 6.57. The topological polar surface area (TPSA) is 172 Å². The molecule has 0 aliphatic heterocycles. The molecule has 0 heterocycles. The van der Waals surface area contributed by atoms with Gasteiger partial charge in [-0.25, -0.2) is 4.79 Å². The van der Waals surface area contributed by atoms with Crippen LogP contribution in [-0.4, -0.2) is 33.5 Å². The second-order valence-electron chi connectivity index (χ2n) is 0.991. The number of hydrogen-bond acceptors (Lipinski definition) is 3. The van der Waals surface area contributed by atoms with Gasteiger partial charge in [-0.2, -0.15) is 0 Å². The molecule has 0 saturated heterocycles. The Hall–Kier alpha value is -0.440. The first kappa shape index (κ1) is 30.0. The van der Waals surface area contributed by atoms with Crippen LogP contribution in [-0.2, 0) is 9.59 Å². The summed E-state index contributed by atoms with van der Waals surface area (Å²) in [6.07, 6.45) is 0.942. The number of carbonyl (C=O) groups is 2. The maximum atomic E-state index is 9.53. The second-order valence-corrected chi connectivity index (χ2v) is 0.991. The quantitative estimate of drug-likeness (QED) is 0.338. The monoisotopic (exact) mass is 192 g/mol. The Morgan fingerprint density at radius 3 is 1.50 bits per heavy atom. The molecule has 0 aliphatic rings. The summed E-state index contributed by atoms with van der Waals surface area (Å²) < 4.78 is 0. The van der Waals surface area contributed by atoms with Crippen LogP contribution >= 0.6 is 0 Å². The largest absolute Gasteiger partial charge is 1.00 e. The Bertz CT molecular complexity index is 126.